The van der Waals surface area contributed by atoms with E-state index in [1.54, 1.807) is 12.3 Å². The van der Waals surface area contributed by atoms with Gasteiger partial charge in [-0.25, -0.2) is 0 Å². The molecular formula is C31H33ClN2O2. The highest BCUT2D eigenvalue weighted by Crippen LogP contribution is 2.44. The lowest BCUT2D eigenvalue weighted by molar-refractivity contribution is 0.104. The fourth-order valence-electron chi connectivity index (χ4n) is 5.81. The number of fused-ring (bicyclic) bond motifs is 1. The Morgan fingerprint density at radius 1 is 1.03 bits per heavy atom. The van der Waals surface area contributed by atoms with Gasteiger partial charge < -0.3 is 15.5 Å². The number of H-pyrrole nitrogens is 1. The van der Waals surface area contributed by atoms with Gasteiger partial charge in [0, 0.05) is 23.0 Å². The highest BCUT2D eigenvalue weighted by atomic mass is 35.5. The van der Waals surface area contributed by atoms with Gasteiger partial charge in [-0.05, 0) is 72.7 Å². The second-order valence-corrected chi connectivity index (χ2v) is 10.4. The summed E-state index contributed by atoms with van der Waals surface area (Å²) in [6.07, 6.45) is 7.27. The average Bonchev–Trinajstić information content (AvgIpc) is 2.92. The number of aromatic nitrogens is 1. The van der Waals surface area contributed by atoms with Crippen molar-refractivity contribution in [3.63, 3.8) is 0 Å². The van der Waals surface area contributed by atoms with Crippen molar-refractivity contribution in [1.82, 2.24) is 4.98 Å². The molecule has 0 unspecified atom stereocenters. The molecule has 0 bridgehead atoms. The molecule has 0 aliphatic heterocycles. The Hall–Kier alpha value is -3.08. The standard InChI is InChI=1S/C31H33ClN2O2/c1-2-29(33)31(23-11-7-4-8-12-23)15-13-24(14-16-31)36-28-19-25-22(17-21-9-5-3-6-10-21)20-34-30(35)26(25)18-27(28)32/h3-12,18-20,24,29H,2,13-17,33H2,1H3,(H,34,35)/t24-,29-,31-/m1/s1. The van der Waals surface area contributed by atoms with Gasteiger partial charge in [0.15, 0.2) is 0 Å². The normalized spacial score (nSPS) is 20.8. The van der Waals surface area contributed by atoms with Gasteiger partial charge >= 0.3 is 0 Å². The highest BCUT2D eigenvalue weighted by molar-refractivity contribution is 6.32. The maximum Gasteiger partial charge on any atom is 0.255 e. The van der Waals surface area contributed by atoms with Crippen molar-refractivity contribution in [2.45, 2.75) is 63.0 Å². The van der Waals surface area contributed by atoms with Crippen molar-refractivity contribution in [2.75, 3.05) is 0 Å². The molecule has 3 N–H and O–H groups in total. The first-order valence-corrected chi connectivity index (χ1v) is 13.2. The summed E-state index contributed by atoms with van der Waals surface area (Å²) in [6.45, 7) is 2.17. The Morgan fingerprint density at radius 2 is 1.69 bits per heavy atom. The summed E-state index contributed by atoms with van der Waals surface area (Å²) in [6, 6.07) is 24.7. The van der Waals surface area contributed by atoms with Crippen molar-refractivity contribution < 1.29 is 4.74 Å². The summed E-state index contributed by atoms with van der Waals surface area (Å²) in [5, 5.41) is 1.93. The molecule has 4 nitrogen and oxygen atoms in total. The molecule has 5 rings (SSSR count). The Morgan fingerprint density at radius 3 is 2.36 bits per heavy atom. The molecule has 5 heteroatoms. The number of aromatic amines is 1. The van der Waals surface area contributed by atoms with Crippen LogP contribution in [0.1, 0.15) is 55.7 Å². The predicted octanol–water partition coefficient (Wildman–Crippen LogP) is 6.77. The maximum atomic E-state index is 12.6. The fourth-order valence-corrected chi connectivity index (χ4v) is 6.01. The van der Waals surface area contributed by atoms with Crippen molar-refractivity contribution in [1.29, 1.82) is 0 Å². The molecule has 1 heterocycles. The average molecular weight is 501 g/mol. The van der Waals surface area contributed by atoms with E-state index < -0.39 is 0 Å². The maximum absolute atomic E-state index is 12.6. The van der Waals surface area contributed by atoms with Crippen molar-refractivity contribution in [3.8, 4) is 5.75 Å². The predicted molar refractivity (Wildman–Crippen MR) is 148 cm³/mol. The van der Waals surface area contributed by atoms with Crippen LogP contribution < -0.4 is 16.0 Å². The Kier molecular flexibility index (Phi) is 7.17. The molecule has 1 aliphatic rings. The molecule has 1 saturated carbocycles. The zero-order valence-corrected chi connectivity index (χ0v) is 21.4. The highest BCUT2D eigenvalue weighted by Gasteiger charge is 2.41. The number of rotatable bonds is 7. The van der Waals surface area contributed by atoms with Gasteiger partial charge in [-0.15, -0.1) is 0 Å². The summed E-state index contributed by atoms with van der Waals surface area (Å²) in [5.41, 5.74) is 10.1. The number of hydrogen-bond donors (Lipinski definition) is 2. The lowest BCUT2D eigenvalue weighted by Gasteiger charge is -2.44. The molecular weight excluding hydrogens is 468 g/mol. The van der Waals surface area contributed by atoms with Crippen LogP contribution in [0.2, 0.25) is 5.02 Å². The van der Waals surface area contributed by atoms with Gasteiger partial charge in [-0.3, -0.25) is 4.79 Å². The molecule has 0 saturated heterocycles. The van der Waals surface area contributed by atoms with Crippen molar-refractivity contribution in [3.05, 3.63) is 111 Å². The third-order valence-corrected chi connectivity index (χ3v) is 8.19. The van der Waals surface area contributed by atoms with Gasteiger partial charge in [0.25, 0.3) is 5.56 Å². The smallest absolute Gasteiger partial charge is 0.255 e. The Labute approximate surface area is 217 Å². The number of nitrogens with two attached hydrogens (primary N) is 1. The molecule has 1 atom stereocenters. The van der Waals surface area contributed by atoms with E-state index >= 15 is 0 Å². The van der Waals surface area contributed by atoms with Crippen LogP contribution in [-0.4, -0.2) is 17.1 Å². The number of nitrogens with one attached hydrogen (secondary N) is 1. The number of benzene rings is 3. The summed E-state index contributed by atoms with van der Waals surface area (Å²) in [5.74, 6) is 0.640. The second-order valence-electron chi connectivity index (χ2n) is 9.99. The zero-order chi connectivity index (χ0) is 25.1. The largest absolute Gasteiger partial charge is 0.489 e. The van der Waals surface area contributed by atoms with Crippen molar-refractivity contribution >= 4 is 22.4 Å². The molecule has 1 aromatic heterocycles. The number of ether oxygens (including phenoxy) is 1. The topological polar surface area (TPSA) is 68.1 Å². The quantitative estimate of drug-likeness (QED) is 0.294. The zero-order valence-electron chi connectivity index (χ0n) is 20.7. The summed E-state index contributed by atoms with van der Waals surface area (Å²) < 4.78 is 6.50. The van der Waals surface area contributed by atoms with Gasteiger partial charge in [-0.2, -0.15) is 0 Å². The molecule has 4 aromatic rings. The molecule has 36 heavy (non-hydrogen) atoms. The van der Waals surface area contributed by atoms with Crippen molar-refractivity contribution in [2.24, 2.45) is 5.73 Å². The summed E-state index contributed by atoms with van der Waals surface area (Å²) in [4.78, 5) is 15.4. The SMILES string of the molecule is CC[C@@H](N)[C@]1(c2ccccc2)CC[C@@H](Oc2cc3c(Cc4ccccc4)c[nH]c(=O)c3cc2Cl)CC1. The van der Waals surface area contributed by atoms with E-state index in [4.69, 9.17) is 22.1 Å². The molecule has 0 amide bonds. The third-order valence-electron chi connectivity index (χ3n) is 7.89. The number of hydrogen-bond acceptors (Lipinski definition) is 3. The van der Waals surface area contributed by atoms with E-state index in [1.807, 2.05) is 24.3 Å². The minimum atomic E-state index is -0.144. The van der Waals surface area contributed by atoms with E-state index in [1.165, 1.54) is 11.1 Å². The van der Waals surface area contributed by atoms with Gasteiger partial charge in [0.2, 0.25) is 0 Å². The summed E-state index contributed by atoms with van der Waals surface area (Å²) in [7, 11) is 0. The first-order valence-electron chi connectivity index (χ1n) is 12.9. The fraction of sp³-hybridized carbons (Fsp3) is 0.323. The Bertz CT molecular complexity index is 1380. The van der Waals surface area contributed by atoms with Crippen LogP contribution in [0.15, 0.2) is 83.8 Å². The van der Waals surface area contributed by atoms with Crippen LogP contribution in [0.5, 0.6) is 5.75 Å². The lowest BCUT2D eigenvalue weighted by atomic mass is 9.64. The molecule has 0 spiro atoms. The van der Waals surface area contributed by atoms with E-state index in [-0.39, 0.29) is 23.1 Å². The van der Waals surface area contributed by atoms with Gasteiger partial charge in [0.05, 0.1) is 11.1 Å². The molecule has 186 valence electrons. The number of pyridine rings is 1. The van der Waals surface area contributed by atoms with E-state index in [0.717, 1.165) is 43.1 Å². The van der Waals surface area contributed by atoms with Crippen LogP contribution in [0, 0.1) is 0 Å². The minimum absolute atomic E-state index is 0.0286. The third kappa shape index (κ3) is 4.80. The number of halogens is 1. The first-order chi connectivity index (χ1) is 17.5. The van der Waals surface area contributed by atoms with E-state index in [9.17, 15) is 4.79 Å². The monoisotopic (exact) mass is 500 g/mol. The summed E-state index contributed by atoms with van der Waals surface area (Å²) >= 11 is 6.63. The molecule has 3 aromatic carbocycles. The minimum Gasteiger partial charge on any atom is -0.489 e. The van der Waals surface area contributed by atoms with Crippen LogP contribution in [-0.2, 0) is 11.8 Å². The molecule has 1 aliphatic carbocycles. The second kappa shape index (κ2) is 10.5. The van der Waals surface area contributed by atoms with Crippen LogP contribution in [0.3, 0.4) is 0 Å². The van der Waals surface area contributed by atoms with E-state index in [2.05, 4.69) is 54.4 Å². The van der Waals surface area contributed by atoms with Crippen LogP contribution >= 0.6 is 11.6 Å². The first kappa shape index (κ1) is 24.6. The lowest BCUT2D eigenvalue weighted by Crippen LogP contribution is -2.48. The van der Waals surface area contributed by atoms with Gasteiger partial charge in [-0.1, -0.05) is 79.2 Å². The Balaban J connectivity index is 1.40. The molecule has 1 fully saturated rings. The van der Waals surface area contributed by atoms with Crippen LogP contribution in [0.4, 0.5) is 0 Å². The van der Waals surface area contributed by atoms with Gasteiger partial charge in [0.1, 0.15) is 5.75 Å². The molecule has 0 radical (unpaired) electrons. The van der Waals surface area contributed by atoms with E-state index in [0.29, 0.717) is 22.6 Å². The van der Waals surface area contributed by atoms with Crippen LogP contribution in [0.25, 0.3) is 10.8 Å².